The molecular formula is C13H15NO5S2. The van der Waals surface area contributed by atoms with Gasteiger partial charge in [0.2, 0.25) is 10.0 Å². The van der Waals surface area contributed by atoms with Crippen LogP contribution in [0.2, 0.25) is 0 Å². The summed E-state index contributed by atoms with van der Waals surface area (Å²) in [5.74, 6) is 2.77. The Hall–Kier alpha value is -1.69. The Morgan fingerprint density at radius 3 is 2.62 bits per heavy atom. The Morgan fingerprint density at radius 2 is 2.05 bits per heavy atom. The average Bonchev–Trinajstić information content (AvgIpc) is 2.45. The number of carboxylic acid groups (broad SMARTS) is 1. The first-order valence-corrected chi connectivity index (χ1v) is 8.55. The molecule has 1 rings (SSSR count). The molecule has 114 valence electrons. The van der Waals surface area contributed by atoms with Gasteiger partial charge >= 0.3 is 5.97 Å². The largest absolute Gasteiger partial charge is 0.482 e. The third kappa shape index (κ3) is 6.53. The van der Waals surface area contributed by atoms with Gasteiger partial charge in [0.25, 0.3) is 0 Å². The van der Waals surface area contributed by atoms with Crippen LogP contribution >= 0.6 is 11.8 Å². The minimum Gasteiger partial charge on any atom is -0.482 e. The lowest BCUT2D eigenvalue weighted by Gasteiger charge is -2.07. The smallest absolute Gasteiger partial charge is 0.341 e. The standard InChI is InChI=1S/C13H15NO5S2/c1-2-8-20-9-7-14-21(17,18)12-5-3-11(4-6-12)19-10-13(15)16/h1,3-6,14H,7-10H2,(H,15,16). The number of ether oxygens (including phenoxy) is 1. The zero-order valence-electron chi connectivity index (χ0n) is 11.1. The van der Waals surface area contributed by atoms with Crippen molar-refractivity contribution in [1.29, 1.82) is 0 Å². The van der Waals surface area contributed by atoms with Gasteiger partial charge in [-0.3, -0.25) is 0 Å². The van der Waals surface area contributed by atoms with Crippen molar-refractivity contribution in [1.82, 2.24) is 4.72 Å². The van der Waals surface area contributed by atoms with E-state index in [1.165, 1.54) is 36.0 Å². The summed E-state index contributed by atoms with van der Waals surface area (Å²) in [4.78, 5) is 10.4. The molecule has 0 aliphatic carbocycles. The molecule has 0 saturated carbocycles. The molecule has 1 aromatic rings. The number of carboxylic acids is 1. The summed E-state index contributed by atoms with van der Waals surface area (Å²) in [5.41, 5.74) is 0. The van der Waals surface area contributed by atoms with Crippen molar-refractivity contribution in [2.45, 2.75) is 4.90 Å². The van der Waals surface area contributed by atoms with E-state index >= 15 is 0 Å². The second kappa shape index (κ2) is 8.56. The monoisotopic (exact) mass is 329 g/mol. The van der Waals surface area contributed by atoms with E-state index in [2.05, 4.69) is 10.6 Å². The molecular weight excluding hydrogens is 314 g/mol. The minimum atomic E-state index is -3.58. The highest BCUT2D eigenvalue weighted by Gasteiger charge is 2.13. The summed E-state index contributed by atoms with van der Waals surface area (Å²) in [6, 6.07) is 5.53. The highest BCUT2D eigenvalue weighted by atomic mass is 32.2. The van der Waals surface area contributed by atoms with Gasteiger partial charge in [-0.1, -0.05) is 5.92 Å². The van der Waals surface area contributed by atoms with Crippen LogP contribution in [-0.2, 0) is 14.8 Å². The van der Waals surface area contributed by atoms with Gasteiger partial charge < -0.3 is 9.84 Å². The number of sulfonamides is 1. The van der Waals surface area contributed by atoms with Crippen LogP contribution in [0.15, 0.2) is 29.2 Å². The maximum absolute atomic E-state index is 11.9. The maximum Gasteiger partial charge on any atom is 0.341 e. The average molecular weight is 329 g/mol. The number of hydrogen-bond acceptors (Lipinski definition) is 5. The molecule has 0 unspecified atom stereocenters. The molecule has 0 amide bonds. The van der Waals surface area contributed by atoms with E-state index in [9.17, 15) is 13.2 Å². The number of aliphatic carboxylic acids is 1. The molecule has 0 atom stereocenters. The normalized spacial score (nSPS) is 10.8. The van der Waals surface area contributed by atoms with Crippen molar-refractivity contribution in [3.8, 4) is 18.1 Å². The number of carbonyl (C=O) groups is 1. The Bertz CT molecular complexity index is 604. The summed E-state index contributed by atoms with van der Waals surface area (Å²) in [5, 5.41) is 8.47. The molecule has 0 radical (unpaired) electrons. The third-order valence-electron chi connectivity index (χ3n) is 2.22. The van der Waals surface area contributed by atoms with Gasteiger partial charge in [-0.25, -0.2) is 17.9 Å². The fraction of sp³-hybridized carbons (Fsp3) is 0.308. The van der Waals surface area contributed by atoms with E-state index < -0.39 is 22.6 Å². The van der Waals surface area contributed by atoms with Gasteiger partial charge in [0, 0.05) is 12.3 Å². The van der Waals surface area contributed by atoms with Crippen molar-refractivity contribution < 1.29 is 23.1 Å². The molecule has 0 aliphatic heterocycles. The highest BCUT2D eigenvalue weighted by molar-refractivity contribution is 7.99. The zero-order chi connectivity index (χ0) is 15.7. The molecule has 6 nitrogen and oxygen atoms in total. The first kappa shape index (κ1) is 17.4. The fourth-order valence-electron chi connectivity index (χ4n) is 1.32. The molecule has 21 heavy (non-hydrogen) atoms. The lowest BCUT2D eigenvalue weighted by molar-refractivity contribution is -0.139. The predicted molar refractivity (Wildman–Crippen MR) is 80.9 cm³/mol. The molecule has 0 fully saturated rings. The zero-order valence-corrected chi connectivity index (χ0v) is 12.7. The topological polar surface area (TPSA) is 92.7 Å². The van der Waals surface area contributed by atoms with Crippen molar-refractivity contribution in [2.24, 2.45) is 0 Å². The van der Waals surface area contributed by atoms with Gasteiger partial charge in [0.15, 0.2) is 6.61 Å². The lowest BCUT2D eigenvalue weighted by atomic mass is 10.3. The second-order valence-corrected chi connectivity index (χ2v) is 6.68. The first-order valence-electron chi connectivity index (χ1n) is 5.91. The van der Waals surface area contributed by atoms with Crippen LogP contribution in [0.25, 0.3) is 0 Å². The summed E-state index contributed by atoms with van der Waals surface area (Å²) >= 11 is 1.46. The van der Waals surface area contributed by atoms with Gasteiger partial charge in [0.05, 0.1) is 10.6 Å². The molecule has 0 saturated heterocycles. The van der Waals surface area contributed by atoms with Crippen LogP contribution in [0.1, 0.15) is 0 Å². The van der Waals surface area contributed by atoms with Crippen LogP contribution in [0.4, 0.5) is 0 Å². The van der Waals surface area contributed by atoms with E-state index in [1.807, 2.05) is 0 Å². The van der Waals surface area contributed by atoms with Crippen LogP contribution in [-0.4, -0.2) is 44.2 Å². The van der Waals surface area contributed by atoms with E-state index in [1.54, 1.807) is 0 Å². The predicted octanol–water partition coefficient (Wildman–Crippen LogP) is 0.795. The molecule has 0 aromatic heterocycles. The highest BCUT2D eigenvalue weighted by Crippen LogP contribution is 2.15. The van der Waals surface area contributed by atoms with Crippen molar-refractivity contribution in [3.05, 3.63) is 24.3 Å². The van der Waals surface area contributed by atoms with Gasteiger partial charge in [-0.15, -0.1) is 18.2 Å². The molecule has 0 heterocycles. The third-order valence-corrected chi connectivity index (χ3v) is 4.56. The number of thioether (sulfide) groups is 1. The number of benzene rings is 1. The molecule has 1 aromatic carbocycles. The molecule has 0 bridgehead atoms. The Morgan fingerprint density at radius 1 is 1.38 bits per heavy atom. The first-order chi connectivity index (χ1) is 9.95. The summed E-state index contributed by atoms with van der Waals surface area (Å²) in [6.45, 7) is -0.192. The SMILES string of the molecule is C#CCSCCNS(=O)(=O)c1ccc(OCC(=O)O)cc1. The number of hydrogen-bond donors (Lipinski definition) is 2. The Labute approximate surface area is 127 Å². The number of rotatable bonds is 9. The van der Waals surface area contributed by atoms with Gasteiger partial charge in [0.1, 0.15) is 5.75 Å². The van der Waals surface area contributed by atoms with E-state index in [0.717, 1.165) is 0 Å². The summed E-state index contributed by atoms with van der Waals surface area (Å²) in [6.07, 6.45) is 5.09. The van der Waals surface area contributed by atoms with E-state index in [4.69, 9.17) is 16.3 Å². The molecule has 8 heteroatoms. The lowest BCUT2D eigenvalue weighted by Crippen LogP contribution is -2.26. The van der Waals surface area contributed by atoms with E-state index in [-0.39, 0.29) is 11.4 Å². The van der Waals surface area contributed by atoms with Crippen molar-refractivity contribution >= 4 is 27.8 Å². The molecule has 2 N–H and O–H groups in total. The molecule has 0 spiro atoms. The number of nitrogens with one attached hydrogen (secondary N) is 1. The summed E-state index contributed by atoms with van der Waals surface area (Å²) in [7, 11) is -3.58. The van der Waals surface area contributed by atoms with Gasteiger partial charge in [-0.05, 0) is 24.3 Å². The maximum atomic E-state index is 11.9. The van der Waals surface area contributed by atoms with Crippen molar-refractivity contribution in [2.75, 3.05) is 24.7 Å². The second-order valence-electron chi connectivity index (χ2n) is 3.81. The minimum absolute atomic E-state index is 0.0899. The van der Waals surface area contributed by atoms with Crippen LogP contribution < -0.4 is 9.46 Å². The Balaban J connectivity index is 2.55. The quantitative estimate of drug-likeness (QED) is 0.514. The Kier molecular flexibility index (Phi) is 7.08. The van der Waals surface area contributed by atoms with Crippen LogP contribution in [0.5, 0.6) is 5.75 Å². The van der Waals surface area contributed by atoms with Crippen molar-refractivity contribution in [3.63, 3.8) is 0 Å². The molecule has 0 aliphatic rings. The van der Waals surface area contributed by atoms with E-state index in [0.29, 0.717) is 17.3 Å². The summed E-state index contributed by atoms with van der Waals surface area (Å²) < 4.78 is 31.3. The van der Waals surface area contributed by atoms with Crippen LogP contribution in [0, 0.1) is 12.3 Å². The fourth-order valence-corrected chi connectivity index (χ4v) is 2.99. The number of terminal acetylenes is 1. The van der Waals surface area contributed by atoms with Gasteiger partial charge in [-0.2, -0.15) is 0 Å². The van der Waals surface area contributed by atoms with Crippen LogP contribution in [0.3, 0.4) is 0 Å².